The van der Waals surface area contributed by atoms with Crippen LogP contribution in [-0.2, 0) is 17.5 Å². The molecule has 0 bridgehead atoms. The summed E-state index contributed by atoms with van der Waals surface area (Å²) in [5.41, 5.74) is 0.133. The summed E-state index contributed by atoms with van der Waals surface area (Å²) < 4.78 is 56.4. The van der Waals surface area contributed by atoms with E-state index in [2.05, 4.69) is 5.10 Å². The van der Waals surface area contributed by atoms with E-state index in [4.69, 9.17) is 9.47 Å². The van der Waals surface area contributed by atoms with E-state index in [9.17, 15) is 18.0 Å². The second-order valence-corrected chi connectivity index (χ2v) is 8.60. The minimum Gasteiger partial charge on any atom is -0.491 e. The number of nitrogens with zero attached hydrogens (tertiary/aromatic N) is 4. The Hall–Kier alpha value is -3.01. The van der Waals surface area contributed by atoms with E-state index in [-0.39, 0.29) is 36.7 Å². The number of benzene rings is 1. The molecule has 1 atom stereocenters. The topological polar surface area (TPSA) is 63.2 Å². The number of aryl methyl sites for hydroxylation is 1. The maximum absolute atomic E-state index is 13.6. The predicted molar refractivity (Wildman–Crippen MR) is 116 cm³/mol. The predicted octanol–water partition coefficient (Wildman–Crippen LogP) is 4.35. The van der Waals surface area contributed by atoms with E-state index in [0.717, 1.165) is 30.5 Å². The lowest BCUT2D eigenvalue weighted by molar-refractivity contribution is -0.137. The van der Waals surface area contributed by atoms with Gasteiger partial charge in [-0.25, -0.2) is 4.79 Å². The lowest BCUT2D eigenvalue weighted by Crippen LogP contribution is -2.24. The number of rotatable bonds is 7. The van der Waals surface area contributed by atoms with Gasteiger partial charge in [0.05, 0.1) is 30.1 Å². The summed E-state index contributed by atoms with van der Waals surface area (Å²) in [6.45, 7) is 6.73. The van der Waals surface area contributed by atoms with E-state index in [1.54, 1.807) is 24.0 Å². The van der Waals surface area contributed by atoms with Crippen molar-refractivity contribution < 1.29 is 22.6 Å². The molecular weight excluding hydrogens is 437 g/mol. The van der Waals surface area contributed by atoms with Gasteiger partial charge in [-0.2, -0.15) is 18.3 Å². The van der Waals surface area contributed by atoms with Crippen LogP contribution in [0, 0.1) is 6.92 Å². The number of aromatic nitrogens is 4. The number of ether oxygens (including phenoxy) is 2. The van der Waals surface area contributed by atoms with Crippen LogP contribution in [0.3, 0.4) is 0 Å². The van der Waals surface area contributed by atoms with Crippen LogP contribution in [0.2, 0.25) is 0 Å². The van der Waals surface area contributed by atoms with E-state index < -0.39 is 17.4 Å². The van der Waals surface area contributed by atoms with Crippen molar-refractivity contribution in [2.24, 2.45) is 0 Å². The molecule has 0 unspecified atom stereocenters. The second kappa shape index (κ2) is 9.09. The monoisotopic (exact) mass is 464 g/mol. The average molecular weight is 464 g/mol. The molecule has 1 saturated heterocycles. The molecule has 1 fully saturated rings. The van der Waals surface area contributed by atoms with Crippen molar-refractivity contribution in [3.63, 3.8) is 0 Å². The molecule has 3 heterocycles. The van der Waals surface area contributed by atoms with Crippen molar-refractivity contribution in [3.8, 4) is 11.4 Å². The first-order valence-electron chi connectivity index (χ1n) is 10.9. The van der Waals surface area contributed by atoms with Crippen molar-refractivity contribution in [2.45, 2.75) is 58.5 Å². The van der Waals surface area contributed by atoms with E-state index in [1.165, 1.54) is 15.2 Å². The molecule has 1 aromatic carbocycles. The Bertz CT molecular complexity index is 1170. The number of halogens is 3. The molecule has 0 amide bonds. The van der Waals surface area contributed by atoms with E-state index in [1.807, 2.05) is 20.0 Å². The molecule has 2 aromatic heterocycles. The number of imidazole rings is 1. The van der Waals surface area contributed by atoms with Gasteiger partial charge >= 0.3 is 11.9 Å². The fourth-order valence-electron chi connectivity index (χ4n) is 3.91. The number of hydrogen-bond donors (Lipinski definition) is 0. The third-order valence-corrected chi connectivity index (χ3v) is 5.61. The maximum atomic E-state index is 13.6. The quantitative estimate of drug-likeness (QED) is 0.522. The number of hydrogen-bond acceptors (Lipinski definition) is 4. The Kier molecular flexibility index (Phi) is 6.38. The lowest BCUT2D eigenvalue weighted by Gasteiger charge is -2.16. The summed E-state index contributed by atoms with van der Waals surface area (Å²) in [6, 6.07) is 3.56. The molecule has 0 saturated carbocycles. The lowest BCUT2D eigenvalue weighted by atomic mass is 10.1. The van der Waals surface area contributed by atoms with Crippen LogP contribution in [0.1, 0.15) is 49.6 Å². The van der Waals surface area contributed by atoms with Crippen LogP contribution in [-0.4, -0.2) is 38.2 Å². The Labute approximate surface area is 189 Å². The molecule has 0 aliphatic carbocycles. The average Bonchev–Trinajstić information content (AvgIpc) is 3.48. The summed E-state index contributed by atoms with van der Waals surface area (Å²) in [4.78, 5) is 13.1. The summed E-state index contributed by atoms with van der Waals surface area (Å²) in [7, 11) is 0. The Morgan fingerprint density at radius 3 is 2.67 bits per heavy atom. The Morgan fingerprint density at radius 1 is 1.24 bits per heavy atom. The number of alkyl halides is 3. The molecule has 178 valence electrons. The largest absolute Gasteiger partial charge is 0.491 e. The highest BCUT2D eigenvalue weighted by Crippen LogP contribution is 2.34. The second-order valence-electron chi connectivity index (χ2n) is 8.60. The first-order valence-corrected chi connectivity index (χ1v) is 10.9. The van der Waals surface area contributed by atoms with Crippen LogP contribution in [0.4, 0.5) is 13.2 Å². The van der Waals surface area contributed by atoms with Crippen molar-refractivity contribution in [1.82, 2.24) is 18.9 Å². The smallest absolute Gasteiger partial charge is 0.416 e. The van der Waals surface area contributed by atoms with Gasteiger partial charge < -0.3 is 9.47 Å². The SMILES string of the molecule is Cc1cn(Cc2cnn(C(C)C)c2)c(=O)n1-c1cc(OC[C@@H]2CCCO2)cc(C(F)(F)F)c1. The summed E-state index contributed by atoms with van der Waals surface area (Å²) in [5, 5.41) is 4.27. The molecule has 10 heteroatoms. The standard InChI is InChI=1S/C23H27F3N4O3/c1-15(2)29-13-17(10-27-29)12-28-11-16(3)30(22(28)31)19-7-18(23(24,25)26)8-21(9-19)33-14-20-5-4-6-32-20/h7-11,13,15,20H,4-6,12,14H2,1-3H3/t20-/m0/s1. The minimum atomic E-state index is -4.58. The summed E-state index contributed by atoms with van der Waals surface area (Å²) in [6.07, 6.45) is 2.15. The Morgan fingerprint density at radius 2 is 2.03 bits per heavy atom. The van der Waals surface area contributed by atoms with E-state index in [0.29, 0.717) is 12.3 Å². The first kappa shape index (κ1) is 23.2. The van der Waals surface area contributed by atoms with Crippen molar-refractivity contribution in [1.29, 1.82) is 0 Å². The van der Waals surface area contributed by atoms with Gasteiger partial charge in [0.25, 0.3) is 0 Å². The fourth-order valence-corrected chi connectivity index (χ4v) is 3.91. The van der Waals surface area contributed by atoms with Gasteiger partial charge in [0, 0.05) is 42.4 Å². The van der Waals surface area contributed by atoms with Gasteiger partial charge in [-0.1, -0.05) is 0 Å². The zero-order chi connectivity index (χ0) is 23.8. The molecule has 33 heavy (non-hydrogen) atoms. The first-order chi connectivity index (χ1) is 15.6. The Balaban J connectivity index is 1.66. The van der Waals surface area contributed by atoms with E-state index >= 15 is 0 Å². The summed E-state index contributed by atoms with van der Waals surface area (Å²) in [5.74, 6) is 0.0487. The van der Waals surface area contributed by atoms with Crippen LogP contribution in [0.25, 0.3) is 5.69 Å². The maximum Gasteiger partial charge on any atom is 0.416 e. The third kappa shape index (κ3) is 5.16. The fraction of sp³-hybridized carbons (Fsp3) is 0.478. The van der Waals surface area contributed by atoms with Crippen LogP contribution in [0.15, 0.2) is 41.6 Å². The third-order valence-electron chi connectivity index (χ3n) is 5.61. The minimum absolute atomic E-state index is 0.0487. The van der Waals surface area contributed by atoms with Crippen molar-refractivity contribution in [3.05, 3.63) is 64.1 Å². The molecule has 0 spiro atoms. The van der Waals surface area contributed by atoms with Crippen molar-refractivity contribution in [2.75, 3.05) is 13.2 Å². The normalized spacial score (nSPS) is 16.6. The van der Waals surface area contributed by atoms with Gasteiger partial charge in [0.2, 0.25) is 0 Å². The van der Waals surface area contributed by atoms with Crippen LogP contribution in [0.5, 0.6) is 5.75 Å². The van der Waals surface area contributed by atoms with Gasteiger partial charge in [0.1, 0.15) is 12.4 Å². The molecule has 4 rings (SSSR count). The molecule has 1 aliphatic rings. The van der Waals surface area contributed by atoms with Gasteiger partial charge in [-0.05, 0) is 45.7 Å². The zero-order valence-corrected chi connectivity index (χ0v) is 18.8. The van der Waals surface area contributed by atoms with Crippen LogP contribution < -0.4 is 10.4 Å². The van der Waals surface area contributed by atoms with Crippen LogP contribution >= 0.6 is 0 Å². The van der Waals surface area contributed by atoms with Gasteiger partial charge in [-0.3, -0.25) is 13.8 Å². The highest BCUT2D eigenvalue weighted by molar-refractivity contribution is 5.45. The zero-order valence-electron chi connectivity index (χ0n) is 18.8. The van der Waals surface area contributed by atoms with Gasteiger partial charge in [0.15, 0.2) is 0 Å². The highest BCUT2D eigenvalue weighted by atomic mass is 19.4. The van der Waals surface area contributed by atoms with Gasteiger partial charge in [-0.15, -0.1) is 0 Å². The highest BCUT2D eigenvalue weighted by Gasteiger charge is 2.32. The molecule has 0 radical (unpaired) electrons. The molecule has 0 N–H and O–H groups in total. The molecule has 3 aromatic rings. The molecule has 1 aliphatic heterocycles. The summed E-state index contributed by atoms with van der Waals surface area (Å²) >= 11 is 0. The van der Waals surface area contributed by atoms with Crippen molar-refractivity contribution >= 4 is 0 Å². The molecular formula is C23H27F3N4O3. The molecule has 7 nitrogen and oxygen atoms in total.